The van der Waals surface area contributed by atoms with Gasteiger partial charge in [0, 0.05) is 36.8 Å². The van der Waals surface area contributed by atoms with Crippen LogP contribution >= 0.6 is 11.6 Å². The van der Waals surface area contributed by atoms with Crippen LogP contribution in [0.1, 0.15) is 33.1 Å². The van der Waals surface area contributed by atoms with Gasteiger partial charge in [0.05, 0.1) is 29.8 Å². The molecular weight excluding hydrogens is 527 g/mol. The summed E-state index contributed by atoms with van der Waals surface area (Å²) in [6.07, 6.45) is 4.17. The highest BCUT2D eigenvalue weighted by Gasteiger charge is 2.32. The van der Waals surface area contributed by atoms with Crippen LogP contribution in [0.4, 0.5) is 15.9 Å². The summed E-state index contributed by atoms with van der Waals surface area (Å²) in [5.74, 6) is 0.925. The molecule has 0 radical (unpaired) electrons. The lowest BCUT2D eigenvalue weighted by molar-refractivity contribution is -0.169. The van der Waals surface area contributed by atoms with Crippen molar-refractivity contribution in [3.8, 4) is 11.5 Å². The van der Waals surface area contributed by atoms with E-state index in [1.165, 1.54) is 18.5 Å². The van der Waals surface area contributed by atoms with Crippen molar-refractivity contribution in [2.75, 3.05) is 44.8 Å². The number of ether oxygens (including phenoxy) is 4. The Balaban J connectivity index is 1.34. The average Bonchev–Trinajstić information content (AvgIpc) is 3.40. The van der Waals surface area contributed by atoms with Crippen molar-refractivity contribution >= 4 is 40.0 Å². The number of carbonyl (C=O) groups is 1. The molecule has 2 saturated heterocycles. The topological polar surface area (TPSA) is 95.0 Å². The predicted molar refractivity (Wildman–Crippen MR) is 145 cm³/mol. The summed E-state index contributed by atoms with van der Waals surface area (Å²) in [6, 6.07) is 8.05. The number of benzene rings is 2. The Hall–Kier alpha value is -3.21. The quantitative estimate of drug-likeness (QED) is 0.268. The molecule has 2 fully saturated rings. The van der Waals surface area contributed by atoms with Gasteiger partial charge in [-0.1, -0.05) is 11.6 Å². The lowest BCUT2D eigenvalue weighted by Gasteiger charge is -2.37. The summed E-state index contributed by atoms with van der Waals surface area (Å²) in [5, 5.41) is 3.91. The second kappa shape index (κ2) is 11.9. The van der Waals surface area contributed by atoms with Gasteiger partial charge in [-0.2, -0.15) is 0 Å². The third-order valence-electron chi connectivity index (χ3n) is 6.56. The first-order valence-electron chi connectivity index (χ1n) is 13.1. The van der Waals surface area contributed by atoms with Crippen LogP contribution in [0.2, 0.25) is 5.02 Å². The summed E-state index contributed by atoms with van der Waals surface area (Å²) >= 11 is 5.96. The van der Waals surface area contributed by atoms with E-state index < -0.39 is 11.4 Å². The van der Waals surface area contributed by atoms with Gasteiger partial charge < -0.3 is 24.3 Å². The molecule has 0 bridgehead atoms. The van der Waals surface area contributed by atoms with E-state index in [-0.39, 0.29) is 23.6 Å². The third-order valence-corrected chi connectivity index (χ3v) is 6.84. The number of aromatic nitrogens is 2. The maximum absolute atomic E-state index is 13.6. The van der Waals surface area contributed by atoms with Crippen molar-refractivity contribution in [1.29, 1.82) is 0 Å². The fraction of sp³-hybridized carbons (Fsp3) is 0.464. The zero-order valence-electron chi connectivity index (χ0n) is 22.0. The maximum Gasteiger partial charge on any atom is 0.320 e. The normalized spacial score (nSPS) is 19.2. The van der Waals surface area contributed by atoms with E-state index >= 15 is 0 Å². The fourth-order valence-electron chi connectivity index (χ4n) is 4.84. The molecule has 0 spiro atoms. The van der Waals surface area contributed by atoms with Crippen LogP contribution in [0, 0.1) is 5.82 Å². The molecule has 0 amide bonds. The van der Waals surface area contributed by atoms with E-state index in [1.54, 1.807) is 6.07 Å². The molecule has 2 aliphatic rings. The molecule has 9 nitrogen and oxygen atoms in total. The number of hydrogen-bond acceptors (Lipinski definition) is 9. The van der Waals surface area contributed by atoms with E-state index in [2.05, 4.69) is 20.2 Å². The molecule has 1 unspecified atom stereocenters. The minimum atomic E-state index is -0.504. The molecule has 11 heteroatoms. The van der Waals surface area contributed by atoms with Crippen molar-refractivity contribution in [2.45, 2.75) is 44.8 Å². The summed E-state index contributed by atoms with van der Waals surface area (Å²) in [6.45, 7) is 7.03. The van der Waals surface area contributed by atoms with E-state index in [9.17, 15) is 9.18 Å². The largest absolute Gasteiger partial charge is 0.490 e. The number of cyclic esters (lactones) is 1. The Bertz CT molecular complexity index is 1330. The molecule has 39 heavy (non-hydrogen) atoms. The highest BCUT2D eigenvalue weighted by atomic mass is 35.5. The van der Waals surface area contributed by atoms with Crippen LogP contribution in [0.3, 0.4) is 0 Å². The monoisotopic (exact) mass is 558 g/mol. The Morgan fingerprint density at radius 1 is 1.21 bits per heavy atom. The molecule has 0 aliphatic carbocycles. The first-order chi connectivity index (χ1) is 18.8. The van der Waals surface area contributed by atoms with Gasteiger partial charge in [0.15, 0.2) is 11.5 Å². The standard InChI is InChI=1S/C28H32ClFN4O5/c1-28(2)16-34(14-26(35)39-28)8-4-10-37-24-12-20-23(13-25(24)38-15-19-5-3-9-36-19)31-17-32-27(20)33-18-6-7-22(30)21(29)11-18/h6-7,11-13,17,19H,3-5,8-10,14-16H2,1-2H3,(H,31,32,33). The minimum absolute atomic E-state index is 0.0116. The second-order valence-electron chi connectivity index (χ2n) is 10.4. The van der Waals surface area contributed by atoms with Crippen LogP contribution in [0.15, 0.2) is 36.7 Å². The molecule has 1 aromatic heterocycles. The number of anilines is 2. The zero-order chi connectivity index (χ0) is 27.4. The van der Waals surface area contributed by atoms with Crippen LogP contribution in [0.25, 0.3) is 10.9 Å². The highest BCUT2D eigenvalue weighted by Crippen LogP contribution is 2.36. The number of nitrogens with zero attached hydrogens (tertiary/aromatic N) is 3. The van der Waals surface area contributed by atoms with Crippen molar-refractivity contribution in [3.05, 3.63) is 47.5 Å². The number of esters is 1. The van der Waals surface area contributed by atoms with Gasteiger partial charge in [-0.3, -0.25) is 9.69 Å². The summed E-state index contributed by atoms with van der Waals surface area (Å²) in [7, 11) is 0. The Morgan fingerprint density at radius 3 is 2.82 bits per heavy atom. The van der Waals surface area contributed by atoms with Gasteiger partial charge in [-0.05, 0) is 57.4 Å². The average molecular weight is 559 g/mol. The fourth-order valence-corrected chi connectivity index (χ4v) is 5.02. The molecule has 208 valence electrons. The van der Waals surface area contributed by atoms with Crippen LogP contribution < -0.4 is 14.8 Å². The van der Waals surface area contributed by atoms with Crippen molar-refractivity contribution in [2.24, 2.45) is 0 Å². The number of halogens is 2. The van der Waals surface area contributed by atoms with Gasteiger partial charge in [-0.25, -0.2) is 14.4 Å². The van der Waals surface area contributed by atoms with E-state index in [0.29, 0.717) is 66.6 Å². The van der Waals surface area contributed by atoms with Gasteiger partial charge in [0.1, 0.15) is 30.2 Å². The summed E-state index contributed by atoms with van der Waals surface area (Å²) < 4.78 is 37.1. The molecule has 2 aromatic carbocycles. The summed E-state index contributed by atoms with van der Waals surface area (Å²) in [5.41, 5.74) is 0.741. The summed E-state index contributed by atoms with van der Waals surface area (Å²) in [4.78, 5) is 22.8. The van der Waals surface area contributed by atoms with Crippen molar-refractivity contribution in [3.63, 3.8) is 0 Å². The van der Waals surface area contributed by atoms with Crippen molar-refractivity contribution in [1.82, 2.24) is 14.9 Å². The Kier molecular flexibility index (Phi) is 8.34. The first-order valence-corrected chi connectivity index (χ1v) is 13.5. The van der Waals surface area contributed by atoms with E-state index in [0.717, 1.165) is 19.4 Å². The number of rotatable bonds is 10. The number of carbonyl (C=O) groups excluding carboxylic acids is 1. The smallest absolute Gasteiger partial charge is 0.320 e. The van der Waals surface area contributed by atoms with Gasteiger partial charge in [-0.15, -0.1) is 0 Å². The number of fused-ring (bicyclic) bond motifs is 1. The van der Waals surface area contributed by atoms with Gasteiger partial charge in [0.25, 0.3) is 0 Å². The molecule has 1 N–H and O–H groups in total. The van der Waals surface area contributed by atoms with E-state index in [4.69, 9.17) is 30.5 Å². The van der Waals surface area contributed by atoms with Crippen LogP contribution in [-0.2, 0) is 14.3 Å². The maximum atomic E-state index is 13.6. The third kappa shape index (κ3) is 7.06. The van der Waals surface area contributed by atoms with Crippen molar-refractivity contribution < 1.29 is 28.1 Å². The SMILES string of the molecule is CC1(C)CN(CCCOc2cc3c(Nc4ccc(F)c(Cl)c4)ncnc3cc2OCC2CCCO2)CC(=O)O1. The first kappa shape index (κ1) is 27.4. The molecule has 2 aliphatic heterocycles. The highest BCUT2D eigenvalue weighted by molar-refractivity contribution is 6.31. The van der Waals surface area contributed by atoms with E-state index in [1.807, 2.05) is 26.0 Å². The Morgan fingerprint density at radius 2 is 2.05 bits per heavy atom. The lowest BCUT2D eigenvalue weighted by Crippen LogP contribution is -2.51. The molecule has 3 aromatic rings. The number of hydrogen-bond donors (Lipinski definition) is 1. The predicted octanol–water partition coefficient (Wildman–Crippen LogP) is 5.13. The van der Waals surface area contributed by atoms with Gasteiger partial charge >= 0.3 is 5.97 Å². The molecule has 3 heterocycles. The van der Waals surface area contributed by atoms with Gasteiger partial charge in [0.2, 0.25) is 0 Å². The molecule has 5 rings (SSSR count). The zero-order valence-corrected chi connectivity index (χ0v) is 22.8. The second-order valence-corrected chi connectivity index (χ2v) is 10.8. The Labute approximate surface area is 231 Å². The number of morpholine rings is 1. The molecule has 0 saturated carbocycles. The minimum Gasteiger partial charge on any atom is -0.490 e. The van der Waals surface area contributed by atoms with Crippen LogP contribution in [0.5, 0.6) is 11.5 Å². The molecular formula is C28H32ClFN4O5. The van der Waals surface area contributed by atoms with Crippen LogP contribution in [-0.4, -0.2) is 72.0 Å². The molecule has 1 atom stereocenters. The lowest BCUT2D eigenvalue weighted by atomic mass is 10.1. The number of nitrogens with one attached hydrogen (secondary N) is 1.